The Kier molecular flexibility index (Phi) is 5.55. The van der Waals surface area contributed by atoms with E-state index in [9.17, 15) is 13.2 Å². The van der Waals surface area contributed by atoms with E-state index in [1.807, 2.05) is 0 Å². The molecule has 5 heteroatoms. The van der Waals surface area contributed by atoms with Gasteiger partial charge in [-0.2, -0.15) is 13.2 Å². The van der Waals surface area contributed by atoms with Crippen LogP contribution in [0.4, 0.5) is 13.2 Å². The van der Waals surface area contributed by atoms with Crippen LogP contribution in [0.2, 0.25) is 0 Å². The van der Waals surface area contributed by atoms with Crippen molar-refractivity contribution in [3.8, 4) is 0 Å². The predicted octanol–water partition coefficient (Wildman–Crippen LogP) is 2.73. The molecule has 0 radical (unpaired) electrons. The second-order valence-corrected chi connectivity index (χ2v) is 4.51. The zero-order valence-electron chi connectivity index (χ0n) is 9.65. The van der Waals surface area contributed by atoms with E-state index in [2.05, 4.69) is 5.32 Å². The summed E-state index contributed by atoms with van der Waals surface area (Å²) in [7, 11) is 0. The van der Waals surface area contributed by atoms with Gasteiger partial charge in [-0.25, -0.2) is 0 Å². The zero-order valence-corrected chi connectivity index (χ0v) is 9.65. The number of hydrogen-bond acceptors (Lipinski definition) is 2. The third-order valence-corrected chi connectivity index (χ3v) is 2.91. The molecule has 2 nitrogen and oxygen atoms in total. The number of hydrogen-bond donors (Lipinski definition) is 1. The first kappa shape index (κ1) is 13.8. The second kappa shape index (κ2) is 6.45. The van der Waals surface area contributed by atoms with E-state index < -0.39 is 12.7 Å². The van der Waals surface area contributed by atoms with Crippen molar-refractivity contribution in [3.05, 3.63) is 0 Å². The molecule has 96 valence electrons. The second-order valence-electron chi connectivity index (χ2n) is 4.51. The molecule has 0 heterocycles. The molecule has 1 rings (SSSR count). The quantitative estimate of drug-likeness (QED) is 0.737. The van der Waals surface area contributed by atoms with Crippen LogP contribution in [0.15, 0.2) is 0 Å². The van der Waals surface area contributed by atoms with Crippen molar-refractivity contribution in [1.82, 2.24) is 5.32 Å². The Morgan fingerprint density at radius 3 is 2.56 bits per heavy atom. The number of alkyl halides is 3. The molecule has 0 aliphatic heterocycles. The smallest absolute Gasteiger partial charge is 0.377 e. The third kappa shape index (κ3) is 6.33. The third-order valence-electron chi connectivity index (χ3n) is 2.91. The molecule has 1 saturated carbocycles. The lowest BCUT2D eigenvalue weighted by Crippen LogP contribution is -2.34. The highest BCUT2D eigenvalue weighted by Crippen LogP contribution is 2.29. The molecular formula is C11H20F3NO. The van der Waals surface area contributed by atoms with Crippen molar-refractivity contribution in [1.29, 1.82) is 0 Å². The van der Waals surface area contributed by atoms with Crippen molar-refractivity contribution in [3.63, 3.8) is 0 Å². The highest BCUT2D eigenvalue weighted by molar-refractivity contribution is 4.69. The summed E-state index contributed by atoms with van der Waals surface area (Å²) in [4.78, 5) is 0. The molecule has 0 aromatic heterocycles. The highest BCUT2D eigenvalue weighted by Gasteiger charge is 2.26. The molecule has 0 spiro atoms. The molecule has 1 aliphatic carbocycles. The number of nitrogens with one attached hydrogen (secondary N) is 1. The maximum atomic E-state index is 11.8. The van der Waals surface area contributed by atoms with Crippen LogP contribution in [-0.2, 0) is 4.74 Å². The van der Waals surface area contributed by atoms with Crippen LogP contribution >= 0.6 is 0 Å². The van der Waals surface area contributed by atoms with Crippen molar-refractivity contribution in [2.45, 2.75) is 44.9 Å². The van der Waals surface area contributed by atoms with Gasteiger partial charge in [0.25, 0.3) is 0 Å². The van der Waals surface area contributed by atoms with Gasteiger partial charge in [-0.1, -0.05) is 19.3 Å². The molecule has 16 heavy (non-hydrogen) atoms. The molecule has 0 amide bonds. The summed E-state index contributed by atoms with van der Waals surface area (Å²) in [6, 6.07) is 0. The Morgan fingerprint density at radius 1 is 1.38 bits per heavy atom. The minimum absolute atomic E-state index is 0.151. The standard InChI is InChI=1S/C11H20F3NO/c1-9(7-15-8-11(12,13)14)16-6-5-10-3-2-4-10/h9-10,15H,2-8H2,1H3. The maximum Gasteiger partial charge on any atom is 0.401 e. The molecule has 1 N–H and O–H groups in total. The van der Waals surface area contributed by atoms with Crippen molar-refractivity contribution in [2.75, 3.05) is 19.7 Å². The summed E-state index contributed by atoms with van der Waals surface area (Å²) < 4.78 is 40.9. The Bertz CT molecular complexity index is 192. The fourth-order valence-electron chi connectivity index (χ4n) is 1.69. The van der Waals surface area contributed by atoms with E-state index in [1.54, 1.807) is 6.92 Å². The minimum Gasteiger partial charge on any atom is -0.377 e. The average molecular weight is 239 g/mol. The first-order valence-corrected chi connectivity index (χ1v) is 5.86. The van der Waals surface area contributed by atoms with E-state index in [0.717, 1.165) is 12.3 Å². The highest BCUT2D eigenvalue weighted by atomic mass is 19.4. The van der Waals surface area contributed by atoms with Crippen LogP contribution in [0.5, 0.6) is 0 Å². The van der Waals surface area contributed by atoms with E-state index in [1.165, 1.54) is 19.3 Å². The van der Waals surface area contributed by atoms with E-state index >= 15 is 0 Å². The molecular weight excluding hydrogens is 219 g/mol. The van der Waals surface area contributed by atoms with Crippen LogP contribution in [0.3, 0.4) is 0 Å². The normalized spacial score (nSPS) is 19.5. The van der Waals surface area contributed by atoms with Crippen LogP contribution in [-0.4, -0.2) is 32.0 Å². The molecule has 0 saturated heterocycles. The predicted molar refractivity (Wildman–Crippen MR) is 56.3 cm³/mol. The summed E-state index contributed by atoms with van der Waals surface area (Å²) in [6.45, 7) is 1.77. The minimum atomic E-state index is -4.13. The SMILES string of the molecule is CC(CNCC(F)(F)F)OCCC1CCC1. The van der Waals surface area contributed by atoms with Gasteiger partial charge in [0.15, 0.2) is 0 Å². The number of ether oxygens (including phenoxy) is 1. The molecule has 1 aliphatic rings. The summed E-state index contributed by atoms with van der Waals surface area (Å²) in [6.07, 6.45) is 0.638. The topological polar surface area (TPSA) is 21.3 Å². The van der Waals surface area contributed by atoms with Gasteiger partial charge >= 0.3 is 6.18 Å². The van der Waals surface area contributed by atoms with Gasteiger partial charge in [-0.05, 0) is 19.3 Å². The first-order valence-electron chi connectivity index (χ1n) is 5.86. The average Bonchev–Trinajstić information content (AvgIpc) is 2.07. The van der Waals surface area contributed by atoms with Gasteiger partial charge < -0.3 is 10.1 Å². The lowest BCUT2D eigenvalue weighted by atomic mass is 9.83. The number of rotatable bonds is 7. The van der Waals surface area contributed by atoms with Crippen LogP contribution in [0.25, 0.3) is 0 Å². The fourth-order valence-corrected chi connectivity index (χ4v) is 1.69. The molecule has 1 atom stereocenters. The zero-order chi connectivity index (χ0) is 12.0. The monoisotopic (exact) mass is 239 g/mol. The molecule has 0 aromatic rings. The van der Waals surface area contributed by atoms with Crippen molar-refractivity contribution < 1.29 is 17.9 Å². The number of halogens is 3. The summed E-state index contributed by atoms with van der Waals surface area (Å²) in [5.74, 6) is 0.787. The van der Waals surface area contributed by atoms with Gasteiger partial charge in [0.05, 0.1) is 12.6 Å². The van der Waals surface area contributed by atoms with Gasteiger partial charge in [0, 0.05) is 13.2 Å². The van der Waals surface area contributed by atoms with Gasteiger partial charge in [-0.15, -0.1) is 0 Å². The maximum absolute atomic E-state index is 11.8. The van der Waals surface area contributed by atoms with E-state index in [4.69, 9.17) is 4.74 Å². The Balaban J connectivity index is 1.91. The van der Waals surface area contributed by atoms with Gasteiger partial charge in [0.2, 0.25) is 0 Å². The summed E-state index contributed by atoms with van der Waals surface area (Å²) in [5, 5.41) is 2.34. The lowest BCUT2D eigenvalue weighted by Gasteiger charge is -2.25. The molecule has 0 bridgehead atoms. The largest absolute Gasteiger partial charge is 0.401 e. The van der Waals surface area contributed by atoms with E-state index in [0.29, 0.717) is 6.61 Å². The van der Waals surface area contributed by atoms with Crippen LogP contribution in [0.1, 0.15) is 32.6 Å². The summed E-state index contributed by atoms with van der Waals surface area (Å²) >= 11 is 0. The lowest BCUT2D eigenvalue weighted by molar-refractivity contribution is -0.125. The summed E-state index contributed by atoms with van der Waals surface area (Å²) in [5.41, 5.74) is 0. The molecule has 0 aromatic carbocycles. The fraction of sp³-hybridized carbons (Fsp3) is 1.00. The van der Waals surface area contributed by atoms with Gasteiger partial charge in [-0.3, -0.25) is 0 Å². The Morgan fingerprint density at radius 2 is 2.06 bits per heavy atom. The molecule has 1 fully saturated rings. The van der Waals surface area contributed by atoms with Crippen molar-refractivity contribution in [2.24, 2.45) is 5.92 Å². The Hall–Kier alpha value is -0.290. The van der Waals surface area contributed by atoms with Gasteiger partial charge in [0.1, 0.15) is 0 Å². The van der Waals surface area contributed by atoms with Crippen LogP contribution in [0, 0.1) is 5.92 Å². The van der Waals surface area contributed by atoms with Crippen LogP contribution < -0.4 is 5.32 Å². The van der Waals surface area contributed by atoms with E-state index in [-0.39, 0.29) is 12.6 Å². The van der Waals surface area contributed by atoms with Crippen molar-refractivity contribution >= 4 is 0 Å². The first-order chi connectivity index (χ1) is 7.47. The molecule has 1 unspecified atom stereocenters. The Labute approximate surface area is 94.5 Å².